The number of thioether (sulfide) groups is 1. The number of amides is 1. The maximum Gasteiger partial charge on any atom is 0.255 e. The number of aryl methyl sites for hydroxylation is 2. The van der Waals surface area contributed by atoms with Crippen molar-refractivity contribution in [3.05, 3.63) is 87.1 Å². The van der Waals surface area contributed by atoms with E-state index in [1.165, 1.54) is 23.9 Å². The van der Waals surface area contributed by atoms with Gasteiger partial charge >= 0.3 is 0 Å². The Morgan fingerprint density at radius 1 is 1.18 bits per heavy atom. The van der Waals surface area contributed by atoms with Gasteiger partial charge in [-0.2, -0.15) is 0 Å². The summed E-state index contributed by atoms with van der Waals surface area (Å²) in [5.41, 5.74) is 3.19. The van der Waals surface area contributed by atoms with Gasteiger partial charge in [0.25, 0.3) is 5.56 Å². The number of aromatic amines is 1. The molecule has 3 aromatic rings. The van der Waals surface area contributed by atoms with E-state index < -0.39 is 0 Å². The lowest BCUT2D eigenvalue weighted by molar-refractivity contribution is -0.115. The molecule has 0 atom stereocenters. The van der Waals surface area contributed by atoms with Gasteiger partial charge in [0.1, 0.15) is 5.82 Å². The topological polar surface area (TPSA) is 74.8 Å². The number of anilines is 1. The maximum atomic E-state index is 13.0. The molecule has 0 bridgehead atoms. The number of carbonyl (C=O) groups is 1. The van der Waals surface area contributed by atoms with Crippen LogP contribution in [0.4, 0.5) is 10.1 Å². The molecule has 0 fully saturated rings. The van der Waals surface area contributed by atoms with Gasteiger partial charge in [-0.05, 0) is 49.2 Å². The first-order valence-electron chi connectivity index (χ1n) is 8.74. The molecule has 1 amide bonds. The smallest absolute Gasteiger partial charge is 0.255 e. The van der Waals surface area contributed by atoms with Crippen LogP contribution in [0.1, 0.15) is 22.4 Å². The highest BCUT2D eigenvalue weighted by atomic mass is 32.2. The molecule has 7 heteroatoms. The van der Waals surface area contributed by atoms with Crippen LogP contribution in [0.5, 0.6) is 0 Å². The summed E-state index contributed by atoms with van der Waals surface area (Å²) in [6.45, 7) is 3.66. The number of hydrogen-bond donors (Lipinski definition) is 2. The summed E-state index contributed by atoms with van der Waals surface area (Å²) in [5, 5.41) is 3.26. The average molecular weight is 397 g/mol. The zero-order valence-electron chi connectivity index (χ0n) is 15.6. The van der Waals surface area contributed by atoms with Gasteiger partial charge in [-0.1, -0.05) is 36.0 Å². The van der Waals surface area contributed by atoms with Crippen molar-refractivity contribution in [2.75, 3.05) is 5.32 Å². The normalized spacial score (nSPS) is 10.7. The number of aromatic nitrogens is 2. The van der Waals surface area contributed by atoms with Crippen molar-refractivity contribution >= 4 is 23.4 Å². The number of carbonyl (C=O) groups excluding carboxylic acids is 1. The third-order valence-electron chi connectivity index (χ3n) is 4.13. The van der Waals surface area contributed by atoms with Crippen LogP contribution in [0.3, 0.4) is 0 Å². The number of hydrogen-bond acceptors (Lipinski definition) is 4. The molecular weight excluding hydrogens is 377 g/mol. The van der Waals surface area contributed by atoms with Crippen LogP contribution in [-0.2, 0) is 17.0 Å². The third-order valence-corrected chi connectivity index (χ3v) is 5.07. The number of halogens is 1. The maximum absolute atomic E-state index is 13.0. The number of rotatable bonds is 6. The van der Waals surface area contributed by atoms with E-state index >= 15 is 0 Å². The van der Waals surface area contributed by atoms with Crippen LogP contribution in [0.15, 0.2) is 58.5 Å². The lowest BCUT2D eigenvalue weighted by atomic mass is 10.1. The fourth-order valence-electron chi connectivity index (χ4n) is 2.68. The van der Waals surface area contributed by atoms with Crippen LogP contribution in [0.25, 0.3) is 0 Å². The number of nitrogens with zero attached hydrogens (tertiary/aromatic N) is 1. The van der Waals surface area contributed by atoms with E-state index in [1.807, 2.05) is 25.1 Å². The Hall–Kier alpha value is -2.93. The van der Waals surface area contributed by atoms with Gasteiger partial charge in [0.2, 0.25) is 5.91 Å². The molecule has 144 valence electrons. The second kappa shape index (κ2) is 8.84. The van der Waals surface area contributed by atoms with E-state index in [4.69, 9.17) is 0 Å². The molecule has 0 aliphatic rings. The minimum Gasteiger partial charge on any atom is -0.326 e. The molecule has 0 aliphatic heterocycles. The Morgan fingerprint density at radius 3 is 2.61 bits per heavy atom. The third kappa shape index (κ3) is 5.29. The first-order chi connectivity index (χ1) is 13.4. The fourth-order valence-corrected chi connectivity index (χ4v) is 3.54. The Bertz CT molecular complexity index is 1050. The monoisotopic (exact) mass is 397 g/mol. The second-order valence-electron chi connectivity index (χ2n) is 6.44. The molecular formula is C21H20FN3O2S. The predicted octanol–water partition coefficient (Wildman–Crippen LogP) is 4.00. The number of benzene rings is 2. The first kappa shape index (κ1) is 19.8. The predicted molar refractivity (Wildman–Crippen MR) is 109 cm³/mol. The lowest BCUT2D eigenvalue weighted by Gasteiger charge is -2.09. The van der Waals surface area contributed by atoms with Crippen molar-refractivity contribution in [2.45, 2.75) is 31.2 Å². The molecule has 1 heterocycles. The summed E-state index contributed by atoms with van der Waals surface area (Å²) in [6.07, 6.45) is -0.0506. The SMILES string of the molecule is Cc1cccc(NC(=O)Cc2c(C)nc(SCc3ccc(F)cc3)[nH]c2=O)c1. The van der Waals surface area contributed by atoms with Crippen molar-refractivity contribution < 1.29 is 9.18 Å². The highest BCUT2D eigenvalue weighted by molar-refractivity contribution is 7.98. The molecule has 0 radical (unpaired) electrons. The summed E-state index contributed by atoms with van der Waals surface area (Å²) in [7, 11) is 0. The van der Waals surface area contributed by atoms with Gasteiger partial charge in [-0.3, -0.25) is 9.59 Å². The standard InChI is InChI=1S/C21H20FN3O2S/c1-13-4-3-5-17(10-13)24-19(26)11-18-14(2)23-21(25-20(18)27)28-12-15-6-8-16(22)9-7-15/h3-10H,11-12H2,1-2H3,(H,24,26)(H,23,25,27). The summed E-state index contributed by atoms with van der Waals surface area (Å²) in [6, 6.07) is 13.6. The lowest BCUT2D eigenvalue weighted by Crippen LogP contribution is -2.23. The molecule has 5 nitrogen and oxygen atoms in total. The highest BCUT2D eigenvalue weighted by Crippen LogP contribution is 2.19. The van der Waals surface area contributed by atoms with Crippen molar-refractivity contribution in [1.29, 1.82) is 0 Å². The van der Waals surface area contributed by atoms with Gasteiger partial charge in [0.05, 0.1) is 6.42 Å². The molecule has 2 N–H and O–H groups in total. The molecule has 0 aliphatic carbocycles. The van der Waals surface area contributed by atoms with E-state index in [-0.39, 0.29) is 23.7 Å². The summed E-state index contributed by atoms with van der Waals surface area (Å²) in [4.78, 5) is 31.8. The molecule has 0 spiro atoms. The van der Waals surface area contributed by atoms with Crippen molar-refractivity contribution in [3.63, 3.8) is 0 Å². The summed E-state index contributed by atoms with van der Waals surface area (Å²) in [5.74, 6) is -0.00677. The zero-order chi connectivity index (χ0) is 20.1. The van der Waals surface area contributed by atoms with Crippen LogP contribution in [0.2, 0.25) is 0 Å². The fraction of sp³-hybridized carbons (Fsp3) is 0.190. The van der Waals surface area contributed by atoms with E-state index in [0.29, 0.717) is 27.9 Å². The van der Waals surface area contributed by atoms with Crippen molar-refractivity contribution in [1.82, 2.24) is 9.97 Å². The molecule has 28 heavy (non-hydrogen) atoms. The Balaban J connectivity index is 1.66. The molecule has 1 aromatic heterocycles. The van der Waals surface area contributed by atoms with Gasteiger partial charge < -0.3 is 10.3 Å². The van der Waals surface area contributed by atoms with E-state index in [1.54, 1.807) is 25.1 Å². The van der Waals surface area contributed by atoms with Gasteiger partial charge in [0.15, 0.2) is 5.16 Å². The van der Waals surface area contributed by atoms with Crippen LogP contribution in [0, 0.1) is 19.7 Å². The van der Waals surface area contributed by atoms with E-state index in [9.17, 15) is 14.0 Å². The first-order valence-corrected chi connectivity index (χ1v) is 9.73. The van der Waals surface area contributed by atoms with Crippen molar-refractivity contribution in [2.24, 2.45) is 0 Å². The largest absolute Gasteiger partial charge is 0.326 e. The van der Waals surface area contributed by atoms with Crippen LogP contribution < -0.4 is 10.9 Å². The van der Waals surface area contributed by atoms with Crippen LogP contribution in [-0.4, -0.2) is 15.9 Å². The zero-order valence-corrected chi connectivity index (χ0v) is 16.4. The Kier molecular flexibility index (Phi) is 6.26. The van der Waals surface area contributed by atoms with Crippen molar-refractivity contribution in [3.8, 4) is 0 Å². The highest BCUT2D eigenvalue weighted by Gasteiger charge is 2.13. The molecule has 0 saturated heterocycles. The summed E-state index contributed by atoms with van der Waals surface area (Å²) < 4.78 is 13.0. The van der Waals surface area contributed by atoms with Gasteiger partial charge in [0, 0.05) is 22.7 Å². The Labute approximate surface area is 166 Å². The summed E-state index contributed by atoms with van der Waals surface area (Å²) >= 11 is 1.35. The van der Waals surface area contributed by atoms with Crippen LogP contribution >= 0.6 is 11.8 Å². The minimum atomic E-state index is -0.325. The molecule has 3 rings (SSSR count). The number of H-pyrrole nitrogens is 1. The molecule has 0 saturated carbocycles. The van der Waals surface area contributed by atoms with Gasteiger partial charge in [-0.25, -0.2) is 9.37 Å². The minimum absolute atomic E-state index is 0.0506. The van der Waals surface area contributed by atoms with E-state index in [0.717, 1.165) is 11.1 Å². The molecule has 0 unspecified atom stereocenters. The average Bonchev–Trinajstić information content (AvgIpc) is 2.64. The molecule has 2 aromatic carbocycles. The number of nitrogens with one attached hydrogen (secondary N) is 2. The second-order valence-corrected chi connectivity index (χ2v) is 7.41. The quantitative estimate of drug-likeness (QED) is 0.487. The van der Waals surface area contributed by atoms with Gasteiger partial charge in [-0.15, -0.1) is 0 Å². The Morgan fingerprint density at radius 2 is 1.93 bits per heavy atom. The van der Waals surface area contributed by atoms with E-state index in [2.05, 4.69) is 15.3 Å².